The van der Waals surface area contributed by atoms with Crippen LogP contribution in [-0.2, 0) is 4.79 Å². The van der Waals surface area contributed by atoms with Crippen LogP contribution in [0.4, 0.5) is 0 Å². The minimum absolute atomic E-state index is 0. The van der Waals surface area contributed by atoms with Gasteiger partial charge < -0.3 is 5.32 Å². The highest BCUT2D eigenvalue weighted by Crippen LogP contribution is 2.18. The molecule has 0 radical (unpaired) electrons. The molecule has 1 saturated heterocycles. The number of carbonyl (C=O) groups excluding carboxylic acids is 1. The summed E-state index contributed by atoms with van der Waals surface area (Å²) < 4.78 is 0. The molecule has 0 aromatic rings. The SMILES string of the molecule is C=C(C)N=C1NC(=O)CSC1=C.[HH]. The summed E-state index contributed by atoms with van der Waals surface area (Å²) in [6, 6.07) is 0. The van der Waals surface area contributed by atoms with Crippen LogP contribution in [0.2, 0.25) is 0 Å². The van der Waals surface area contributed by atoms with Gasteiger partial charge in [-0.1, -0.05) is 13.2 Å². The van der Waals surface area contributed by atoms with Gasteiger partial charge in [0.05, 0.1) is 5.75 Å². The number of hydrogen-bond donors (Lipinski definition) is 1. The van der Waals surface area contributed by atoms with E-state index >= 15 is 0 Å². The number of nitrogens with zero attached hydrogens (tertiary/aromatic N) is 1. The number of carbonyl (C=O) groups is 1. The van der Waals surface area contributed by atoms with Crippen LogP contribution in [0.25, 0.3) is 0 Å². The van der Waals surface area contributed by atoms with E-state index in [0.29, 0.717) is 17.3 Å². The Bertz CT molecular complexity index is 286. The number of allylic oxidation sites excluding steroid dienone is 1. The fraction of sp³-hybridized carbons (Fsp3) is 0.250. The number of nitrogens with one attached hydrogen (secondary N) is 1. The zero-order chi connectivity index (χ0) is 9.14. The molecule has 3 nitrogen and oxygen atoms in total. The molecule has 1 fully saturated rings. The largest absolute Gasteiger partial charge is 0.309 e. The smallest absolute Gasteiger partial charge is 0.235 e. The molecular formula is C8H12N2OS. The first-order valence-electron chi connectivity index (χ1n) is 3.45. The first kappa shape index (κ1) is 9.06. The molecule has 0 bridgehead atoms. The van der Waals surface area contributed by atoms with E-state index in [1.165, 1.54) is 11.8 Å². The van der Waals surface area contributed by atoms with Gasteiger partial charge in [-0.05, 0) is 6.92 Å². The van der Waals surface area contributed by atoms with Crippen molar-refractivity contribution in [1.82, 2.24) is 5.32 Å². The highest BCUT2D eigenvalue weighted by molar-refractivity contribution is 8.04. The third-order valence-electron chi connectivity index (χ3n) is 1.20. The summed E-state index contributed by atoms with van der Waals surface area (Å²) in [6.45, 7) is 9.15. The third-order valence-corrected chi connectivity index (χ3v) is 2.15. The van der Waals surface area contributed by atoms with Gasteiger partial charge in [0, 0.05) is 12.0 Å². The summed E-state index contributed by atoms with van der Waals surface area (Å²) in [5, 5.41) is 2.63. The maximum atomic E-state index is 10.9. The van der Waals surface area contributed by atoms with Gasteiger partial charge in [0.2, 0.25) is 5.91 Å². The Labute approximate surface area is 77.1 Å². The molecule has 1 aliphatic heterocycles. The Morgan fingerprint density at radius 3 is 3.08 bits per heavy atom. The highest BCUT2D eigenvalue weighted by atomic mass is 32.2. The monoisotopic (exact) mass is 184 g/mol. The summed E-state index contributed by atoms with van der Waals surface area (Å²) in [5.41, 5.74) is 0.661. The number of hydrogen-bond acceptors (Lipinski definition) is 3. The summed E-state index contributed by atoms with van der Waals surface area (Å²) in [5.74, 6) is 0.921. The summed E-state index contributed by atoms with van der Waals surface area (Å²) >= 11 is 1.40. The molecule has 0 spiro atoms. The van der Waals surface area contributed by atoms with Crippen molar-refractivity contribution < 1.29 is 6.22 Å². The molecular weight excluding hydrogens is 172 g/mol. The van der Waals surface area contributed by atoms with Crippen molar-refractivity contribution in [1.29, 1.82) is 0 Å². The first-order chi connectivity index (χ1) is 5.59. The molecule has 0 aromatic carbocycles. The van der Waals surface area contributed by atoms with Gasteiger partial charge in [-0.15, -0.1) is 11.8 Å². The van der Waals surface area contributed by atoms with Crippen LogP contribution in [0.1, 0.15) is 8.35 Å². The average molecular weight is 184 g/mol. The fourth-order valence-electron chi connectivity index (χ4n) is 0.740. The second kappa shape index (κ2) is 3.58. The molecule has 0 saturated carbocycles. The maximum Gasteiger partial charge on any atom is 0.235 e. The van der Waals surface area contributed by atoms with Crippen molar-refractivity contribution >= 4 is 23.5 Å². The Morgan fingerprint density at radius 2 is 2.50 bits per heavy atom. The summed E-state index contributed by atoms with van der Waals surface area (Å²) in [6.07, 6.45) is 0. The molecule has 12 heavy (non-hydrogen) atoms. The standard InChI is InChI=1S/C8H10N2OS.H2/c1-5(2)9-8-6(3)12-4-7(11)10-8;/h1,3-4H2,2H3,(H,9,10,11);1H. The van der Waals surface area contributed by atoms with E-state index < -0.39 is 0 Å². The molecule has 1 N–H and O–H groups in total. The van der Waals surface area contributed by atoms with Crippen LogP contribution in [0.15, 0.2) is 28.8 Å². The van der Waals surface area contributed by atoms with Gasteiger partial charge in [-0.25, -0.2) is 4.99 Å². The number of amidine groups is 1. The summed E-state index contributed by atoms with van der Waals surface area (Å²) in [4.78, 5) is 15.7. The van der Waals surface area contributed by atoms with Gasteiger partial charge in [-0.3, -0.25) is 4.79 Å². The van der Waals surface area contributed by atoms with Crippen molar-refractivity contribution in [3.8, 4) is 0 Å². The number of aliphatic imine (C=N–C) groups is 1. The van der Waals surface area contributed by atoms with Crippen molar-refractivity contribution in [2.24, 2.45) is 4.99 Å². The number of amides is 1. The van der Waals surface area contributed by atoms with E-state index in [2.05, 4.69) is 23.5 Å². The molecule has 1 rings (SSSR count). The van der Waals surface area contributed by atoms with Crippen molar-refractivity contribution in [2.75, 3.05) is 5.75 Å². The number of thioether (sulfide) groups is 1. The second-order valence-electron chi connectivity index (χ2n) is 2.46. The van der Waals surface area contributed by atoms with Crippen LogP contribution in [0, 0.1) is 0 Å². The van der Waals surface area contributed by atoms with Crippen molar-refractivity contribution in [3.63, 3.8) is 0 Å². The molecule has 0 aromatic heterocycles. The highest BCUT2D eigenvalue weighted by Gasteiger charge is 2.16. The molecule has 0 unspecified atom stereocenters. The minimum atomic E-state index is -0.0348. The van der Waals surface area contributed by atoms with E-state index in [4.69, 9.17) is 0 Å². The van der Waals surface area contributed by atoms with Crippen LogP contribution in [0.5, 0.6) is 0 Å². The van der Waals surface area contributed by atoms with Crippen LogP contribution < -0.4 is 5.32 Å². The van der Waals surface area contributed by atoms with Gasteiger partial charge in [-0.2, -0.15) is 0 Å². The zero-order valence-corrected chi connectivity index (χ0v) is 7.70. The van der Waals surface area contributed by atoms with E-state index in [1.54, 1.807) is 6.92 Å². The quantitative estimate of drug-likeness (QED) is 0.671. The Balaban J connectivity index is 0.00000144. The molecule has 66 valence electrons. The lowest BCUT2D eigenvalue weighted by Gasteiger charge is -2.15. The average Bonchev–Trinajstić information content (AvgIpc) is 1.96. The first-order valence-corrected chi connectivity index (χ1v) is 4.44. The van der Waals surface area contributed by atoms with Crippen LogP contribution >= 0.6 is 11.8 Å². The molecule has 1 heterocycles. The topological polar surface area (TPSA) is 41.5 Å². The van der Waals surface area contributed by atoms with Crippen LogP contribution in [-0.4, -0.2) is 17.5 Å². The van der Waals surface area contributed by atoms with Gasteiger partial charge in [0.1, 0.15) is 5.84 Å². The maximum absolute atomic E-state index is 10.9. The van der Waals surface area contributed by atoms with E-state index in [0.717, 1.165) is 4.91 Å². The van der Waals surface area contributed by atoms with E-state index in [-0.39, 0.29) is 7.33 Å². The lowest BCUT2D eigenvalue weighted by Crippen LogP contribution is -2.36. The molecule has 0 atom stereocenters. The fourth-order valence-corrected chi connectivity index (χ4v) is 1.35. The third kappa shape index (κ3) is 2.23. The normalized spacial score (nSPS) is 20.9. The predicted octanol–water partition coefficient (Wildman–Crippen LogP) is 1.54. The molecule has 1 amide bonds. The van der Waals surface area contributed by atoms with E-state index in [9.17, 15) is 4.79 Å². The zero-order valence-electron chi connectivity index (χ0n) is 6.89. The van der Waals surface area contributed by atoms with Crippen LogP contribution in [0.3, 0.4) is 0 Å². The summed E-state index contributed by atoms with van der Waals surface area (Å²) in [7, 11) is 0. The number of rotatable bonds is 1. The Morgan fingerprint density at radius 1 is 1.83 bits per heavy atom. The van der Waals surface area contributed by atoms with Crippen molar-refractivity contribution in [2.45, 2.75) is 6.92 Å². The molecule has 4 heteroatoms. The van der Waals surface area contributed by atoms with E-state index in [1.807, 2.05) is 0 Å². The van der Waals surface area contributed by atoms with Gasteiger partial charge in [0.15, 0.2) is 0 Å². The minimum Gasteiger partial charge on any atom is -0.309 e. The van der Waals surface area contributed by atoms with Crippen molar-refractivity contribution in [3.05, 3.63) is 23.8 Å². The predicted molar refractivity (Wildman–Crippen MR) is 54.1 cm³/mol. The lowest BCUT2D eigenvalue weighted by atomic mass is 10.5. The Kier molecular flexibility index (Phi) is 2.70. The van der Waals surface area contributed by atoms with Gasteiger partial charge >= 0.3 is 0 Å². The molecule has 0 aliphatic carbocycles. The molecule has 1 aliphatic rings. The lowest BCUT2D eigenvalue weighted by molar-refractivity contribution is -0.117. The second-order valence-corrected chi connectivity index (χ2v) is 3.53. The Hall–Kier alpha value is -1.03. The van der Waals surface area contributed by atoms with Gasteiger partial charge in [0.25, 0.3) is 0 Å².